The molecule has 0 amide bonds. The van der Waals surface area contributed by atoms with E-state index in [1.165, 1.54) is 6.07 Å². The lowest BCUT2D eigenvalue weighted by molar-refractivity contribution is -0.384. The van der Waals surface area contributed by atoms with Crippen molar-refractivity contribution in [2.45, 2.75) is 25.4 Å². The molecule has 0 spiro atoms. The third-order valence-corrected chi connectivity index (χ3v) is 6.42. The van der Waals surface area contributed by atoms with Crippen molar-refractivity contribution in [2.24, 2.45) is 5.73 Å². The summed E-state index contributed by atoms with van der Waals surface area (Å²) in [5.74, 6) is 0. The smallest absolute Gasteiger partial charge is 0.270 e. The topological polar surface area (TPSA) is 109 Å². The van der Waals surface area contributed by atoms with Gasteiger partial charge in [-0.2, -0.15) is 5.26 Å². The maximum Gasteiger partial charge on any atom is 0.270 e. The molecule has 34 heavy (non-hydrogen) atoms. The molecule has 1 fully saturated rings. The number of piperidine rings is 1. The zero-order chi connectivity index (χ0) is 23.7. The molecule has 7 heteroatoms. The van der Waals surface area contributed by atoms with Gasteiger partial charge < -0.3 is 10.2 Å². The van der Waals surface area contributed by atoms with Crippen LogP contribution in [0.5, 0.6) is 0 Å². The summed E-state index contributed by atoms with van der Waals surface area (Å²) >= 11 is 0. The van der Waals surface area contributed by atoms with E-state index in [4.69, 9.17) is 10.2 Å². The first-order valence-corrected chi connectivity index (χ1v) is 11.3. The van der Waals surface area contributed by atoms with E-state index in [-0.39, 0.29) is 11.7 Å². The Kier molecular flexibility index (Phi) is 5.84. The van der Waals surface area contributed by atoms with E-state index in [1.54, 1.807) is 30.5 Å². The molecule has 1 saturated heterocycles. The number of rotatable bonds is 5. The number of likely N-dealkylation sites (tertiary alicyclic amines) is 1. The molecular formula is C27H24N4O3. The summed E-state index contributed by atoms with van der Waals surface area (Å²) in [6, 6.07) is 20.4. The van der Waals surface area contributed by atoms with Gasteiger partial charge >= 0.3 is 0 Å². The third-order valence-electron chi connectivity index (χ3n) is 6.42. The molecule has 0 aliphatic carbocycles. The molecule has 1 aliphatic rings. The van der Waals surface area contributed by atoms with Gasteiger partial charge in [-0.3, -0.25) is 15.0 Å². The number of fused-ring (bicyclic) bond motifs is 1. The molecule has 4 aromatic rings. The summed E-state index contributed by atoms with van der Waals surface area (Å²) in [5.41, 5.74) is 12.0. The van der Waals surface area contributed by atoms with Crippen LogP contribution in [-0.4, -0.2) is 29.0 Å². The van der Waals surface area contributed by atoms with E-state index in [0.29, 0.717) is 5.56 Å². The predicted molar refractivity (Wildman–Crippen MR) is 131 cm³/mol. The molecule has 7 nitrogen and oxygen atoms in total. The monoisotopic (exact) mass is 452 g/mol. The highest BCUT2D eigenvalue weighted by Crippen LogP contribution is 2.38. The van der Waals surface area contributed by atoms with Gasteiger partial charge in [-0.1, -0.05) is 24.3 Å². The summed E-state index contributed by atoms with van der Waals surface area (Å²) in [6.07, 6.45) is 3.94. The molecule has 0 saturated carbocycles. The first-order chi connectivity index (χ1) is 16.5. The molecule has 1 aliphatic heterocycles. The molecule has 3 aromatic carbocycles. The van der Waals surface area contributed by atoms with Gasteiger partial charge in [0.15, 0.2) is 0 Å². The SMILES string of the molecule is N#Cc1ccc(-c2cc3c(CN4CCC[C@H](N)C4)coc3cc2-c2cccc([N+](=O)[O-])c2)cc1. The van der Waals surface area contributed by atoms with Crippen LogP contribution < -0.4 is 5.73 Å². The molecule has 0 unspecified atom stereocenters. The molecule has 5 rings (SSSR count). The van der Waals surface area contributed by atoms with Crippen molar-refractivity contribution in [3.05, 3.63) is 88.2 Å². The maximum absolute atomic E-state index is 11.4. The van der Waals surface area contributed by atoms with Crippen molar-refractivity contribution in [3.63, 3.8) is 0 Å². The molecule has 1 aromatic heterocycles. The summed E-state index contributed by atoms with van der Waals surface area (Å²) in [5, 5.41) is 21.6. The summed E-state index contributed by atoms with van der Waals surface area (Å²) in [6.45, 7) is 2.62. The fourth-order valence-corrected chi connectivity index (χ4v) is 4.71. The van der Waals surface area contributed by atoms with E-state index >= 15 is 0 Å². The standard InChI is InChI=1S/C27H24N4O3/c28-14-18-6-8-19(9-7-18)24-12-26-21(15-30-10-2-4-22(29)16-30)17-34-27(26)13-25(24)20-3-1-5-23(11-20)31(32)33/h1,3,5-9,11-13,17,22H,2,4,10,15-16,29H2/t22-/m0/s1. The second-order valence-electron chi connectivity index (χ2n) is 8.79. The van der Waals surface area contributed by atoms with Crippen molar-refractivity contribution in [1.29, 1.82) is 5.26 Å². The minimum atomic E-state index is -0.391. The van der Waals surface area contributed by atoms with Crippen LogP contribution in [0.3, 0.4) is 0 Å². The van der Waals surface area contributed by atoms with Crippen molar-refractivity contribution < 1.29 is 9.34 Å². The average Bonchev–Trinajstić information content (AvgIpc) is 3.25. The summed E-state index contributed by atoms with van der Waals surface area (Å²) in [7, 11) is 0. The van der Waals surface area contributed by atoms with Crippen LogP contribution in [-0.2, 0) is 6.54 Å². The lowest BCUT2D eigenvalue weighted by atomic mass is 9.92. The number of nitro benzene ring substituents is 1. The van der Waals surface area contributed by atoms with E-state index in [1.807, 2.05) is 24.3 Å². The highest BCUT2D eigenvalue weighted by atomic mass is 16.6. The van der Waals surface area contributed by atoms with Crippen molar-refractivity contribution in [3.8, 4) is 28.3 Å². The largest absolute Gasteiger partial charge is 0.464 e. The van der Waals surface area contributed by atoms with E-state index in [0.717, 1.165) is 71.3 Å². The van der Waals surface area contributed by atoms with Crippen molar-refractivity contribution in [2.75, 3.05) is 13.1 Å². The Labute approximate surface area is 197 Å². The van der Waals surface area contributed by atoms with Crippen LogP contribution in [0.2, 0.25) is 0 Å². The minimum absolute atomic E-state index is 0.0324. The minimum Gasteiger partial charge on any atom is -0.464 e. The van der Waals surface area contributed by atoms with Crippen LogP contribution in [0.1, 0.15) is 24.0 Å². The quantitative estimate of drug-likeness (QED) is 0.318. The third kappa shape index (κ3) is 4.29. The van der Waals surface area contributed by atoms with Gasteiger partial charge in [-0.15, -0.1) is 0 Å². The Balaban J connectivity index is 1.64. The Morgan fingerprint density at radius 3 is 2.65 bits per heavy atom. The zero-order valence-electron chi connectivity index (χ0n) is 18.6. The van der Waals surface area contributed by atoms with Gasteiger partial charge in [-0.25, -0.2) is 0 Å². The number of nitrogens with zero attached hydrogens (tertiary/aromatic N) is 3. The normalized spacial score (nSPS) is 16.4. The number of hydrogen-bond donors (Lipinski definition) is 1. The van der Waals surface area contributed by atoms with Gasteiger partial charge in [0.25, 0.3) is 5.69 Å². The number of hydrogen-bond acceptors (Lipinski definition) is 6. The molecular weight excluding hydrogens is 428 g/mol. The average molecular weight is 453 g/mol. The van der Waals surface area contributed by atoms with Crippen LogP contribution in [0.4, 0.5) is 5.69 Å². The van der Waals surface area contributed by atoms with Crippen LogP contribution in [0.25, 0.3) is 33.2 Å². The second-order valence-corrected chi connectivity index (χ2v) is 8.79. The van der Waals surface area contributed by atoms with Gasteiger partial charge in [0.1, 0.15) is 5.58 Å². The second kappa shape index (κ2) is 9.10. The van der Waals surface area contributed by atoms with E-state index < -0.39 is 4.92 Å². The molecule has 0 bridgehead atoms. The van der Waals surface area contributed by atoms with Crippen LogP contribution >= 0.6 is 0 Å². The number of non-ortho nitro benzene ring substituents is 1. The fourth-order valence-electron chi connectivity index (χ4n) is 4.71. The molecule has 2 N–H and O–H groups in total. The Morgan fingerprint density at radius 2 is 1.91 bits per heavy atom. The number of nitro groups is 1. The maximum atomic E-state index is 11.4. The molecule has 1 atom stereocenters. The first-order valence-electron chi connectivity index (χ1n) is 11.3. The van der Waals surface area contributed by atoms with Crippen LogP contribution in [0.15, 0.2) is 71.3 Å². The number of furan rings is 1. The van der Waals surface area contributed by atoms with Gasteiger partial charge in [0.05, 0.1) is 22.8 Å². The highest BCUT2D eigenvalue weighted by molar-refractivity contribution is 5.96. The van der Waals surface area contributed by atoms with Gasteiger partial charge in [0.2, 0.25) is 0 Å². The first kappa shape index (κ1) is 21.8. The molecule has 0 radical (unpaired) electrons. The van der Waals surface area contributed by atoms with E-state index in [2.05, 4.69) is 17.0 Å². The number of nitriles is 1. The highest BCUT2D eigenvalue weighted by Gasteiger charge is 2.20. The molecule has 2 heterocycles. The van der Waals surface area contributed by atoms with Crippen molar-refractivity contribution in [1.82, 2.24) is 4.90 Å². The van der Waals surface area contributed by atoms with Crippen molar-refractivity contribution >= 4 is 16.7 Å². The Hall–Kier alpha value is -3.99. The predicted octanol–water partition coefficient (Wildman–Crippen LogP) is 5.47. The zero-order valence-corrected chi connectivity index (χ0v) is 18.6. The Morgan fingerprint density at radius 1 is 1.12 bits per heavy atom. The number of benzene rings is 3. The number of nitrogens with two attached hydrogens (primary N) is 1. The lowest BCUT2D eigenvalue weighted by Gasteiger charge is -2.30. The van der Waals surface area contributed by atoms with Gasteiger partial charge in [-0.05, 0) is 65.9 Å². The lowest BCUT2D eigenvalue weighted by Crippen LogP contribution is -2.42. The Bertz CT molecular complexity index is 1400. The van der Waals surface area contributed by atoms with Gasteiger partial charge in [0, 0.05) is 42.2 Å². The summed E-state index contributed by atoms with van der Waals surface area (Å²) in [4.78, 5) is 13.3. The fraction of sp³-hybridized carbons (Fsp3) is 0.222. The summed E-state index contributed by atoms with van der Waals surface area (Å²) < 4.78 is 5.95. The molecule has 170 valence electrons. The van der Waals surface area contributed by atoms with Crippen LogP contribution in [0, 0.1) is 21.4 Å². The van der Waals surface area contributed by atoms with E-state index in [9.17, 15) is 15.4 Å².